The predicted octanol–water partition coefficient (Wildman–Crippen LogP) is 0.628. The molecule has 1 saturated heterocycles. The second-order valence-corrected chi connectivity index (χ2v) is 4.17. The molecule has 0 aromatic carbocycles. The summed E-state index contributed by atoms with van der Waals surface area (Å²) < 4.78 is 5.46. The van der Waals surface area contributed by atoms with E-state index in [1.54, 1.807) is 12.3 Å². The molecule has 2 heterocycles. The molecule has 1 aliphatic rings. The van der Waals surface area contributed by atoms with E-state index in [-0.39, 0.29) is 18.6 Å². The van der Waals surface area contributed by atoms with Gasteiger partial charge in [0.1, 0.15) is 5.69 Å². The third-order valence-electron chi connectivity index (χ3n) is 3.00. The fraction of sp³-hybridized carbons (Fsp3) is 0.583. The van der Waals surface area contributed by atoms with E-state index in [9.17, 15) is 4.79 Å². The summed E-state index contributed by atoms with van der Waals surface area (Å²) >= 11 is 0. The first kappa shape index (κ1) is 12.1. The van der Waals surface area contributed by atoms with E-state index in [0.29, 0.717) is 25.4 Å². The summed E-state index contributed by atoms with van der Waals surface area (Å²) in [6, 6.07) is 3.61. The van der Waals surface area contributed by atoms with Gasteiger partial charge in [0.05, 0.1) is 19.3 Å². The number of hydrogen-bond donors (Lipinski definition) is 2. The summed E-state index contributed by atoms with van der Waals surface area (Å²) in [5.41, 5.74) is 0.639. The van der Waals surface area contributed by atoms with Crippen molar-refractivity contribution in [1.29, 1.82) is 0 Å². The number of aliphatic hydroxyl groups excluding tert-OH is 1. The Balaban J connectivity index is 1.81. The van der Waals surface area contributed by atoms with Crippen molar-refractivity contribution >= 4 is 5.91 Å². The smallest absolute Gasteiger partial charge is 0.270 e. The van der Waals surface area contributed by atoms with Gasteiger partial charge >= 0.3 is 0 Å². The molecule has 5 heteroatoms. The lowest BCUT2D eigenvalue weighted by molar-refractivity contribution is -0.00563. The Hall–Kier alpha value is -1.33. The zero-order valence-electron chi connectivity index (χ0n) is 9.76. The zero-order chi connectivity index (χ0) is 12.1. The van der Waals surface area contributed by atoms with Crippen molar-refractivity contribution in [2.45, 2.75) is 18.9 Å². The van der Waals surface area contributed by atoms with Gasteiger partial charge in [0.25, 0.3) is 5.91 Å². The lowest BCUT2D eigenvalue weighted by atomic mass is 10.1. The predicted molar refractivity (Wildman–Crippen MR) is 62.8 cm³/mol. The van der Waals surface area contributed by atoms with Crippen LogP contribution in [0.4, 0.5) is 0 Å². The SMILES string of the molecule is O=C(c1ccc[nH]1)N1CCC(OCCO)CC1. The number of nitrogens with one attached hydrogen (secondary N) is 1. The minimum absolute atomic E-state index is 0.0515. The number of aromatic nitrogens is 1. The van der Waals surface area contributed by atoms with Gasteiger partial charge < -0.3 is 19.7 Å². The van der Waals surface area contributed by atoms with Gasteiger partial charge in [-0.3, -0.25) is 4.79 Å². The molecule has 0 atom stereocenters. The molecule has 1 aromatic rings. The van der Waals surface area contributed by atoms with Crippen molar-refractivity contribution in [3.63, 3.8) is 0 Å². The van der Waals surface area contributed by atoms with Crippen molar-refractivity contribution in [2.24, 2.45) is 0 Å². The average Bonchev–Trinajstić information content (AvgIpc) is 2.90. The molecule has 1 fully saturated rings. The van der Waals surface area contributed by atoms with E-state index < -0.39 is 0 Å². The number of likely N-dealkylation sites (tertiary alicyclic amines) is 1. The van der Waals surface area contributed by atoms with Gasteiger partial charge in [0.15, 0.2) is 0 Å². The minimum Gasteiger partial charge on any atom is -0.394 e. The number of H-pyrrole nitrogens is 1. The first-order valence-electron chi connectivity index (χ1n) is 5.96. The molecule has 0 unspecified atom stereocenters. The molecule has 17 heavy (non-hydrogen) atoms. The summed E-state index contributed by atoms with van der Waals surface area (Å²) in [6.45, 7) is 1.87. The molecule has 2 N–H and O–H groups in total. The summed E-state index contributed by atoms with van der Waals surface area (Å²) in [4.78, 5) is 16.8. The van der Waals surface area contributed by atoms with Crippen molar-refractivity contribution in [1.82, 2.24) is 9.88 Å². The number of amides is 1. The highest BCUT2D eigenvalue weighted by Crippen LogP contribution is 2.15. The van der Waals surface area contributed by atoms with Crippen LogP contribution in [-0.2, 0) is 4.74 Å². The monoisotopic (exact) mass is 238 g/mol. The van der Waals surface area contributed by atoms with Crippen molar-refractivity contribution in [3.8, 4) is 0 Å². The Kier molecular flexibility index (Phi) is 4.17. The number of carbonyl (C=O) groups excluding carboxylic acids is 1. The van der Waals surface area contributed by atoms with Gasteiger partial charge in [0.2, 0.25) is 0 Å². The largest absolute Gasteiger partial charge is 0.394 e. The van der Waals surface area contributed by atoms with E-state index in [1.165, 1.54) is 0 Å². The first-order valence-corrected chi connectivity index (χ1v) is 5.96. The molecule has 1 aliphatic heterocycles. The molecular weight excluding hydrogens is 220 g/mol. The Morgan fingerprint density at radius 3 is 2.88 bits per heavy atom. The Morgan fingerprint density at radius 1 is 1.53 bits per heavy atom. The van der Waals surface area contributed by atoms with Crippen molar-refractivity contribution < 1.29 is 14.6 Å². The number of hydrogen-bond acceptors (Lipinski definition) is 3. The summed E-state index contributed by atoms with van der Waals surface area (Å²) in [6.07, 6.45) is 3.61. The highest BCUT2D eigenvalue weighted by Gasteiger charge is 2.24. The van der Waals surface area contributed by atoms with Gasteiger partial charge in [-0.1, -0.05) is 0 Å². The lowest BCUT2D eigenvalue weighted by Crippen LogP contribution is -2.41. The normalized spacial score (nSPS) is 17.4. The average molecular weight is 238 g/mol. The second-order valence-electron chi connectivity index (χ2n) is 4.17. The number of nitrogens with zero attached hydrogens (tertiary/aromatic N) is 1. The summed E-state index contributed by atoms with van der Waals surface area (Å²) in [5.74, 6) is 0.0515. The summed E-state index contributed by atoms with van der Waals surface area (Å²) in [5, 5.41) is 8.67. The van der Waals surface area contributed by atoms with Crippen LogP contribution in [0.5, 0.6) is 0 Å². The molecule has 0 aliphatic carbocycles. The van der Waals surface area contributed by atoms with Gasteiger partial charge in [-0.05, 0) is 25.0 Å². The van der Waals surface area contributed by atoms with E-state index in [0.717, 1.165) is 12.8 Å². The number of carbonyl (C=O) groups is 1. The number of ether oxygens (including phenoxy) is 1. The number of aliphatic hydroxyl groups is 1. The Labute approximate surface area is 100 Å². The molecule has 2 rings (SSSR count). The van der Waals surface area contributed by atoms with Crippen LogP contribution in [-0.4, -0.2) is 53.3 Å². The third kappa shape index (κ3) is 3.08. The van der Waals surface area contributed by atoms with Crippen LogP contribution in [0.2, 0.25) is 0 Å². The topological polar surface area (TPSA) is 65.6 Å². The van der Waals surface area contributed by atoms with Gasteiger partial charge in [-0.15, -0.1) is 0 Å². The van der Waals surface area contributed by atoms with Crippen LogP contribution in [0.15, 0.2) is 18.3 Å². The highest BCUT2D eigenvalue weighted by atomic mass is 16.5. The Morgan fingerprint density at radius 2 is 2.29 bits per heavy atom. The standard InChI is InChI=1S/C12H18N2O3/c15-8-9-17-10-3-6-14(7-4-10)12(16)11-2-1-5-13-11/h1-2,5,10,13,15H,3-4,6-9H2. The number of rotatable bonds is 4. The number of aromatic amines is 1. The molecule has 0 spiro atoms. The summed E-state index contributed by atoms with van der Waals surface area (Å²) in [7, 11) is 0. The van der Waals surface area contributed by atoms with Crippen LogP contribution >= 0.6 is 0 Å². The van der Waals surface area contributed by atoms with Crippen LogP contribution in [0.1, 0.15) is 23.3 Å². The van der Waals surface area contributed by atoms with E-state index in [2.05, 4.69) is 4.98 Å². The molecule has 0 bridgehead atoms. The maximum Gasteiger partial charge on any atom is 0.270 e. The molecule has 1 amide bonds. The van der Waals surface area contributed by atoms with E-state index in [4.69, 9.17) is 9.84 Å². The van der Waals surface area contributed by atoms with E-state index in [1.807, 2.05) is 11.0 Å². The van der Waals surface area contributed by atoms with Gasteiger partial charge in [0, 0.05) is 19.3 Å². The fourth-order valence-electron chi connectivity index (χ4n) is 2.08. The fourth-order valence-corrected chi connectivity index (χ4v) is 2.08. The molecule has 0 saturated carbocycles. The second kappa shape index (κ2) is 5.84. The lowest BCUT2D eigenvalue weighted by Gasteiger charge is -2.31. The van der Waals surface area contributed by atoms with Gasteiger partial charge in [-0.2, -0.15) is 0 Å². The Bertz CT molecular complexity index is 343. The first-order chi connectivity index (χ1) is 8.31. The molecule has 1 aromatic heterocycles. The minimum atomic E-state index is 0.0515. The highest BCUT2D eigenvalue weighted by molar-refractivity contribution is 5.92. The molecular formula is C12H18N2O3. The quantitative estimate of drug-likeness (QED) is 0.808. The zero-order valence-corrected chi connectivity index (χ0v) is 9.76. The third-order valence-corrected chi connectivity index (χ3v) is 3.00. The maximum absolute atomic E-state index is 12.0. The number of piperidine rings is 1. The maximum atomic E-state index is 12.0. The van der Waals surface area contributed by atoms with Crippen LogP contribution in [0, 0.1) is 0 Å². The molecule has 94 valence electrons. The van der Waals surface area contributed by atoms with Crippen LogP contribution in [0.3, 0.4) is 0 Å². The van der Waals surface area contributed by atoms with Gasteiger partial charge in [-0.25, -0.2) is 0 Å². The molecule has 5 nitrogen and oxygen atoms in total. The van der Waals surface area contributed by atoms with Crippen LogP contribution in [0.25, 0.3) is 0 Å². The molecule has 0 radical (unpaired) electrons. The van der Waals surface area contributed by atoms with Crippen LogP contribution < -0.4 is 0 Å². The van der Waals surface area contributed by atoms with E-state index >= 15 is 0 Å². The van der Waals surface area contributed by atoms with Crippen molar-refractivity contribution in [2.75, 3.05) is 26.3 Å². The van der Waals surface area contributed by atoms with Crippen molar-refractivity contribution in [3.05, 3.63) is 24.0 Å².